The zero-order valence-corrected chi connectivity index (χ0v) is 34.1. The molecule has 0 spiro atoms. The molecule has 0 amide bonds. The fourth-order valence-electron chi connectivity index (χ4n) is 5.85. The largest absolute Gasteiger partial charge is 0.494 e. The summed E-state index contributed by atoms with van der Waals surface area (Å²) in [5.41, 5.74) is -0.197. The zero-order chi connectivity index (χ0) is 37.7. The summed E-state index contributed by atoms with van der Waals surface area (Å²) in [6, 6.07) is 3.78. The summed E-state index contributed by atoms with van der Waals surface area (Å²) in [6.45, 7) is 4.43. The number of esters is 2. The standard InChI is InChI=1S/C39H62O8S4/c1-3-5-7-9-11-13-15-17-19-21-23-30(28-50-38(44)48)36(42)46-33-25-32(35(40)41)26-34(27-33)47-37(43)31(29-51-39(45)49)24-22-20-18-16-14-12-10-8-6-4-2/h25-27,30-31H,3-24,28-29H2,1-2H3,(H,40,41)(H,44,48)(H,45,49). The molecule has 8 nitrogen and oxygen atoms in total. The van der Waals surface area contributed by atoms with Crippen molar-refractivity contribution in [3.05, 3.63) is 23.8 Å². The number of thiocarbonyl (C=S) groups is 2. The van der Waals surface area contributed by atoms with Gasteiger partial charge in [-0.15, -0.1) is 0 Å². The first-order valence-electron chi connectivity index (χ1n) is 19.1. The van der Waals surface area contributed by atoms with Crippen LogP contribution in [0.1, 0.15) is 165 Å². The number of carboxylic acid groups (broad SMARTS) is 1. The van der Waals surface area contributed by atoms with Crippen LogP contribution in [0.2, 0.25) is 0 Å². The Labute approximate surface area is 326 Å². The second-order valence-electron chi connectivity index (χ2n) is 13.3. The maximum absolute atomic E-state index is 13.3. The van der Waals surface area contributed by atoms with Crippen molar-refractivity contribution in [3.8, 4) is 11.5 Å². The number of aromatic carboxylic acids is 1. The second kappa shape index (κ2) is 30.6. The van der Waals surface area contributed by atoms with E-state index in [1.54, 1.807) is 0 Å². The Bertz CT molecular complexity index is 1080. The van der Waals surface area contributed by atoms with Gasteiger partial charge in [0.15, 0.2) is 0 Å². The number of unbranched alkanes of at least 4 members (excludes halogenated alkanes) is 18. The zero-order valence-electron chi connectivity index (χ0n) is 30.9. The predicted octanol–water partition coefficient (Wildman–Crippen LogP) is 12.2. The van der Waals surface area contributed by atoms with Crippen LogP contribution in [0.25, 0.3) is 0 Å². The molecule has 2 atom stereocenters. The van der Waals surface area contributed by atoms with Gasteiger partial charge in [0.25, 0.3) is 0 Å². The first-order valence-corrected chi connectivity index (χ1v) is 21.9. The highest BCUT2D eigenvalue weighted by molar-refractivity contribution is 8.22. The van der Waals surface area contributed by atoms with Crippen molar-refractivity contribution < 1.29 is 39.2 Å². The Balaban J connectivity index is 2.82. The van der Waals surface area contributed by atoms with E-state index in [9.17, 15) is 29.7 Å². The summed E-state index contributed by atoms with van der Waals surface area (Å²) in [5.74, 6) is -3.18. The van der Waals surface area contributed by atoms with Crippen molar-refractivity contribution in [2.75, 3.05) is 11.5 Å². The molecule has 1 aromatic carbocycles. The summed E-state index contributed by atoms with van der Waals surface area (Å²) in [5, 5.41) is 28.9. The highest BCUT2D eigenvalue weighted by Crippen LogP contribution is 2.28. The van der Waals surface area contributed by atoms with Gasteiger partial charge in [-0.05, 0) is 49.4 Å². The summed E-state index contributed by atoms with van der Waals surface area (Å²) < 4.78 is 10.8. The van der Waals surface area contributed by atoms with Crippen LogP contribution in [0.3, 0.4) is 0 Å². The maximum Gasteiger partial charge on any atom is 0.335 e. The third kappa shape index (κ3) is 24.9. The molecule has 3 N–H and O–H groups in total. The van der Waals surface area contributed by atoms with Crippen LogP contribution in [0.5, 0.6) is 11.5 Å². The molecule has 0 radical (unpaired) electrons. The molecule has 1 aromatic rings. The highest BCUT2D eigenvalue weighted by Gasteiger charge is 2.25. The number of ether oxygens (including phenoxy) is 2. The lowest BCUT2D eigenvalue weighted by atomic mass is 10.0. The van der Waals surface area contributed by atoms with Crippen molar-refractivity contribution in [2.24, 2.45) is 11.8 Å². The Morgan fingerprint density at radius 3 is 1.16 bits per heavy atom. The molecule has 0 aliphatic carbocycles. The highest BCUT2D eigenvalue weighted by atomic mass is 32.2. The third-order valence-electron chi connectivity index (χ3n) is 8.86. The summed E-state index contributed by atoms with van der Waals surface area (Å²) >= 11 is 11.6. The maximum atomic E-state index is 13.3. The molecule has 290 valence electrons. The number of carbonyl (C=O) groups is 3. The molecule has 0 saturated carbocycles. The van der Waals surface area contributed by atoms with Crippen LogP contribution in [0.4, 0.5) is 0 Å². The number of hydrogen-bond donors (Lipinski definition) is 3. The minimum absolute atomic E-state index is 0.0514. The van der Waals surface area contributed by atoms with Gasteiger partial charge in [-0.2, -0.15) is 0 Å². The molecule has 0 bridgehead atoms. The van der Waals surface area contributed by atoms with Crippen LogP contribution >= 0.6 is 48.0 Å². The van der Waals surface area contributed by atoms with Crippen LogP contribution in [-0.4, -0.2) is 53.5 Å². The molecule has 2 unspecified atom stereocenters. The Morgan fingerprint density at radius 1 is 0.549 bits per heavy atom. The minimum atomic E-state index is -1.27. The van der Waals surface area contributed by atoms with Gasteiger partial charge >= 0.3 is 17.9 Å². The Kier molecular flexibility index (Phi) is 28.2. The quantitative estimate of drug-likeness (QED) is 0.0286. The lowest BCUT2D eigenvalue weighted by Crippen LogP contribution is -2.24. The molecule has 51 heavy (non-hydrogen) atoms. The number of carbonyl (C=O) groups excluding carboxylic acids is 2. The van der Waals surface area contributed by atoms with Crippen molar-refractivity contribution in [3.63, 3.8) is 0 Å². The monoisotopic (exact) mass is 786 g/mol. The number of carboxylic acids is 1. The van der Waals surface area contributed by atoms with Gasteiger partial charge in [0.1, 0.15) is 11.5 Å². The van der Waals surface area contributed by atoms with Gasteiger partial charge < -0.3 is 24.8 Å². The van der Waals surface area contributed by atoms with Gasteiger partial charge in [0, 0.05) is 17.6 Å². The minimum Gasteiger partial charge on any atom is -0.494 e. The van der Waals surface area contributed by atoms with E-state index in [0.29, 0.717) is 12.8 Å². The number of aliphatic hydroxyl groups is 2. The fourth-order valence-corrected chi connectivity index (χ4v) is 7.55. The number of aliphatic hydroxyl groups excluding tert-OH is 2. The van der Waals surface area contributed by atoms with Crippen molar-refractivity contribution in [2.45, 2.75) is 155 Å². The van der Waals surface area contributed by atoms with E-state index in [-0.39, 0.29) is 37.3 Å². The SMILES string of the molecule is CCCCCCCCCCCCC(CSC(O)=S)C(=O)Oc1cc(OC(=O)C(CCCCCCCCCCCC)CSC(O)=S)cc(C(=O)O)c1. The van der Waals surface area contributed by atoms with E-state index in [0.717, 1.165) is 74.9 Å². The Hall–Kier alpha value is -1.89. The smallest absolute Gasteiger partial charge is 0.335 e. The molecule has 0 aliphatic heterocycles. The van der Waals surface area contributed by atoms with Crippen LogP contribution in [-0.2, 0) is 9.59 Å². The first kappa shape index (κ1) is 47.1. The average Bonchev–Trinajstić information content (AvgIpc) is 3.08. The summed E-state index contributed by atoms with van der Waals surface area (Å²) in [4.78, 5) is 38.6. The van der Waals surface area contributed by atoms with E-state index < -0.39 is 29.7 Å². The molecule has 0 aromatic heterocycles. The second-order valence-corrected chi connectivity index (χ2v) is 16.6. The van der Waals surface area contributed by atoms with E-state index in [1.165, 1.54) is 95.2 Å². The number of benzene rings is 1. The molecule has 0 heterocycles. The molecule has 0 saturated heterocycles. The molecule has 12 heteroatoms. The number of hydrogen-bond acceptors (Lipinski definition) is 9. The normalized spacial score (nSPS) is 12.3. The molecular formula is C39H62O8S4. The molecule has 0 fully saturated rings. The summed E-state index contributed by atoms with van der Waals surface area (Å²) in [6.07, 6.45) is 24.3. The average molecular weight is 787 g/mol. The van der Waals surface area contributed by atoms with E-state index in [2.05, 4.69) is 13.8 Å². The van der Waals surface area contributed by atoms with Crippen molar-refractivity contribution in [1.29, 1.82) is 0 Å². The Morgan fingerprint density at radius 2 is 0.863 bits per heavy atom. The van der Waals surface area contributed by atoms with E-state index in [1.807, 2.05) is 0 Å². The topological polar surface area (TPSA) is 130 Å². The van der Waals surface area contributed by atoms with Gasteiger partial charge in [-0.3, -0.25) is 9.59 Å². The van der Waals surface area contributed by atoms with Gasteiger partial charge in [0.05, 0.1) is 17.4 Å². The van der Waals surface area contributed by atoms with Gasteiger partial charge in [-0.25, -0.2) is 4.79 Å². The van der Waals surface area contributed by atoms with E-state index in [4.69, 9.17) is 33.9 Å². The lowest BCUT2D eigenvalue weighted by Gasteiger charge is -2.17. The molecule has 0 aliphatic rings. The van der Waals surface area contributed by atoms with Crippen molar-refractivity contribution in [1.82, 2.24) is 0 Å². The molecular weight excluding hydrogens is 725 g/mol. The number of rotatable bonds is 31. The van der Waals surface area contributed by atoms with E-state index >= 15 is 0 Å². The third-order valence-corrected chi connectivity index (χ3v) is 11.2. The van der Waals surface area contributed by atoms with Crippen LogP contribution < -0.4 is 9.47 Å². The molecule has 1 rings (SSSR count). The first-order chi connectivity index (χ1) is 24.6. The lowest BCUT2D eigenvalue weighted by molar-refractivity contribution is -0.138. The van der Waals surface area contributed by atoms with Gasteiger partial charge in [-0.1, -0.05) is 166 Å². The fraction of sp³-hybridized carbons (Fsp3) is 0.718. The van der Waals surface area contributed by atoms with Gasteiger partial charge in [0.2, 0.25) is 8.77 Å². The van der Waals surface area contributed by atoms with Crippen molar-refractivity contribution >= 4 is 74.6 Å². The summed E-state index contributed by atoms with van der Waals surface area (Å²) in [7, 11) is 0. The van der Waals surface area contributed by atoms with Crippen LogP contribution in [0.15, 0.2) is 18.2 Å². The van der Waals surface area contributed by atoms with Crippen LogP contribution in [0, 0.1) is 11.8 Å². The predicted molar refractivity (Wildman–Crippen MR) is 220 cm³/mol. The number of thioether (sulfide) groups is 2.